The highest BCUT2D eigenvalue weighted by atomic mass is 16.6. The number of nitrogens with one attached hydrogen (secondary N) is 4. The van der Waals surface area contributed by atoms with Gasteiger partial charge in [0.05, 0.1) is 23.9 Å². The second-order valence-electron chi connectivity index (χ2n) is 7.20. The number of fused-ring (bicyclic) bond motifs is 2. The van der Waals surface area contributed by atoms with Crippen LogP contribution in [0.4, 0.5) is 27.8 Å². The normalized spacial score (nSPS) is 18.7. The lowest BCUT2D eigenvalue weighted by molar-refractivity contribution is 0.172. The van der Waals surface area contributed by atoms with Gasteiger partial charge >= 0.3 is 6.03 Å². The molecule has 2 aliphatic rings. The van der Waals surface area contributed by atoms with Crippen LogP contribution in [-0.4, -0.2) is 46.9 Å². The number of para-hydroxylation sites is 1. The van der Waals surface area contributed by atoms with Crippen LogP contribution in [0, 0.1) is 17.2 Å². The van der Waals surface area contributed by atoms with E-state index in [1.807, 2.05) is 18.2 Å². The summed E-state index contributed by atoms with van der Waals surface area (Å²) in [4.78, 5) is 16.9. The van der Waals surface area contributed by atoms with Crippen molar-refractivity contribution in [2.24, 2.45) is 5.92 Å². The van der Waals surface area contributed by atoms with Gasteiger partial charge in [-0.15, -0.1) is 0 Å². The lowest BCUT2D eigenvalue weighted by atomic mass is 10.2. The minimum Gasteiger partial charge on any atom is -0.486 e. The number of amides is 2. The van der Waals surface area contributed by atoms with Crippen LogP contribution in [0.15, 0.2) is 30.5 Å². The number of urea groups is 1. The molecule has 158 valence electrons. The van der Waals surface area contributed by atoms with Crippen LogP contribution in [0.3, 0.4) is 0 Å². The Morgan fingerprint density at radius 1 is 1.29 bits per heavy atom. The van der Waals surface area contributed by atoms with Crippen LogP contribution in [0.1, 0.15) is 6.42 Å². The van der Waals surface area contributed by atoms with E-state index in [9.17, 15) is 4.79 Å². The number of hydrogen-bond donors (Lipinski definition) is 4. The summed E-state index contributed by atoms with van der Waals surface area (Å²) in [7, 11) is 1.77. The molecule has 4 N–H and O–H groups in total. The molecule has 0 bridgehead atoms. The first-order valence-electron chi connectivity index (χ1n) is 9.85. The Morgan fingerprint density at radius 3 is 2.97 bits per heavy atom. The van der Waals surface area contributed by atoms with E-state index in [-0.39, 0.29) is 12.0 Å². The van der Waals surface area contributed by atoms with Crippen LogP contribution in [-0.2, 0) is 0 Å². The van der Waals surface area contributed by atoms with E-state index in [2.05, 4.69) is 37.4 Å². The molecule has 1 fully saturated rings. The summed E-state index contributed by atoms with van der Waals surface area (Å²) in [5, 5.41) is 25.1. The van der Waals surface area contributed by atoms with Gasteiger partial charge in [0.1, 0.15) is 30.5 Å². The summed E-state index contributed by atoms with van der Waals surface area (Å²) < 4.78 is 13.0. The molecular formula is C20H20N8O3. The van der Waals surface area contributed by atoms with E-state index < -0.39 is 6.03 Å². The molecule has 0 radical (unpaired) electrons. The van der Waals surface area contributed by atoms with Gasteiger partial charge in [-0.25, -0.2) is 9.78 Å². The third kappa shape index (κ3) is 3.59. The molecule has 5 rings (SSSR count). The molecule has 1 saturated carbocycles. The van der Waals surface area contributed by atoms with Gasteiger partial charge in [-0.05, 0) is 18.6 Å². The standard InChI is InChI=1S/C20H20N8O3/c1-22-17-8-16(24-12-3-2-4-15-18(12)31-6-5-30-15)27-19-14(10-23-28(17)19)26-20(29)25-13-7-11(13)9-21/h2-4,8,10-11,13,22H,5-7H2,1H3,(H,24,27)(H2,25,26,29)/t11-,13-/m1/s1. The molecule has 11 nitrogen and oxygen atoms in total. The summed E-state index contributed by atoms with van der Waals surface area (Å²) >= 11 is 0. The van der Waals surface area contributed by atoms with E-state index in [4.69, 9.17) is 14.7 Å². The number of carbonyl (C=O) groups excluding carboxylic acids is 1. The summed E-state index contributed by atoms with van der Waals surface area (Å²) in [5.41, 5.74) is 1.62. The highest BCUT2D eigenvalue weighted by Gasteiger charge is 2.38. The lowest BCUT2D eigenvalue weighted by Gasteiger charge is -2.21. The maximum atomic E-state index is 12.3. The zero-order valence-electron chi connectivity index (χ0n) is 16.7. The minimum absolute atomic E-state index is 0.114. The van der Waals surface area contributed by atoms with Crippen LogP contribution in [0.5, 0.6) is 11.5 Å². The monoisotopic (exact) mass is 420 g/mol. The molecule has 31 heavy (non-hydrogen) atoms. The van der Waals surface area contributed by atoms with E-state index in [1.165, 1.54) is 6.20 Å². The van der Waals surface area contributed by atoms with Gasteiger partial charge in [0.2, 0.25) is 0 Å². The number of carbonyl (C=O) groups is 1. The summed E-state index contributed by atoms with van der Waals surface area (Å²) in [6.07, 6.45) is 2.20. The number of aromatic nitrogens is 3. The zero-order chi connectivity index (χ0) is 21.4. The number of anilines is 4. The molecule has 3 heterocycles. The highest BCUT2D eigenvalue weighted by Crippen LogP contribution is 2.39. The van der Waals surface area contributed by atoms with Crippen LogP contribution < -0.4 is 30.7 Å². The second kappa shape index (κ2) is 7.56. The molecule has 2 amide bonds. The van der Waals surface area contributed by atoms with Gasteiger partial charge in [-0.2, -0.15) is 14.9 Å². The first-order chi connectivity index (χ1) is 15.2. The van der Waals surface area contributed by atoms with Crippen molar-refractivity contribution in [3.8, 4) is 17.6 Å². The highest BCUT2D eigenvalue weighted by molar-refractivity contribution is 5.94. The number of hydrogen-bond acceptors (Lipinski definition) is 8. The Bertz CT molecular complexity index is 1200. The van der Waals surface area contributed by atoms with E-state index >= 15 is 0 Å². The summed E-state index contributed by atoms with van der Waals surface area (Å²) in [6.45, 7) is 0.979. The third-order valence-electron chi connectivity index (χ3n) is 5.08. The molecule has 0 spiro atoms. The molecule has 1 aromatic carbocycles. The lowest BCUT2D eigenvalue weighted by Crippen LogP contribution is -2.31. The Kier molecular flexibility index (Phi) is 4.59. The maximum Gasteiger partial charge on any atom is 0.319 e. The first-order valence-corrected chi connectivity index (χ1v) is 9.85. The fourth-order valence-electron chi connectivity index (χ4n) is 3.43. The largest absolute Gasteiger partial charge is 0.486 e. The van der Waals surface area contributed by atoms with E-state index in [1.54, 1.807) is 17.6 Å². The maximum absolute atomic E-state index is 12.3. The summed E-state index contributed by atoms with van der Waals surface area (Å²) in [5.74, 6) is 2.39. The fraction of sp³-hybridized carbons (Fsp3) is 0.300. The van der Waals surface area contributed by atoms with Crippen molar-refractivity contribution in [3.05, 3.63) is 30.5 Å². The van der Waals surface area contributed by atoms with Gasteiger partial charge in [0, 0.05) is 19.2 Å². The SMILES string of the molecule is CNc1cc(Nc2cccc3c2OCCO3)nc2c(NC(=O)N[C@@H]3C[C@@H]3C#N)cnn12. The number of ether oxygens (including phenoxy) is 2. The third-order valence-corrected chi connectivity index (χ3v) is 5.08. The number of benzene rings is 1. The van der Waals surface area contributed by atoms with Crippen molar-refractivity contribution in [2.75, 3.05) is 36.2 Å². The van der Waals surface area contributed by atoms with Gasteiger partial charge < -0.3 is 30.7 Å². The molecule has 3 aromatic rings. The van der Waals surface area contributed by atoms with Crippen molar-refractivity contribution >= 4 is 34.7 Å². The Balaban J connectivity index is 1.43. The average molecular weight is 420 g/mol. The number of nitriles is 1. The smallest absolute Gasteiger partial charge is 0.319 e. The molecule has 11 heteroatoms. The van der Waals surface area contributed by atoms with Crippen molar-refractivity contribution in [3.63, 3.8) is 0 Å². The van der Waals surface area contributed by atoms with Gasteiger partial charge in [0.25, 0.3) is 0 Å². The average Bonchev–Trinajstić information content (AvgIpc) is 3.42. The molecule has 0 saturated heterocycles. The quantitative estimate of drug-likeness (QED) is 0.493. The molecule has 0 unspecified atom stereocenters. The topological polar surface area (TPSA) is 138 Å². The Labute approximate surface area is 177 Å². The molecule has 1 aliphatic carbocycles. The molecule has 2 atom stereocenters. The molecule has 2 aromatic heterocycles. The van der Waals surface area contributed by atoms with Crippen LogP contribution >= 0.6 is 0 Å². The predicted molar refractivity (Wildman–Crippen MR) is 113 cm³/mol. The first kappa shape index (κ1) is 18.8. The van der Waals surface area contributed by atoms with Gasteiger partial charge in [0.15, 0.2) is 17.1 Å². The van der Waals surface area contributed by atoms with E-state index in [0.717, 1.165) is 5.69 Å². The molecular weight excluding hydrogens is 400 g/mol. The van der Waals surface area contributed by atoms with Crippen molar-refractivity contribution in [1.29, 1.82) is 5.26 Å². The van der Waals surface area contributed by atoms with Crippen molar-refractivity contribution < 1.29 is 14.3 Å². The Hall–Kier alpha value is -4.20. The number of nitrogens with zero attached hydrogens (tertiary/aromatic N) is 4. The van der Waals surface area contributed by atoms with Gasteiger partial charge in [-0.1, -0.05) is 6.07 Å². The van der Waals surface area contributed by atoms with Crippen LogP contribution in [0.2, 0.25) is 0 Å². The van der Waals surface area contributed by atoms with Crippen molar-refractivity contribution in [2.45, 2.75) is 12.5 Å². The van der Waals surface area contributed by atoms with E-state index in [0.29, 0.717) is 54.1 Å². The minimum atomic E-state index is -0.397. The van der Waals surface area contributed by atoms with Crippen LogP contribution in [0.25, 0.3) is 5.65 Å². The summed E-state index contributed by atoms with van der Waals surface area (Å²) in [6, 6.07) is 9.03. The van der Waals surface area contributed by atoms with Crippen molar-refractivity contribution in [1.82, 2.24) is 19.9 Å². The van der Waals surface area contributed by atoms with Gasteiger partial charge in [-0.3, -0.25) is 0 Å². The predicted octanol–water partition coefficient (Wildman–Crippen LogP) is 2.32. The zero-order valence-corrected chi connectivity index (χ0v) is 16.7. The fourth-order valence-corrected chi connectivity index (χ4v) is 3.43. The molecule has 1 aliphatic heterocycles. The Morgan fingerprint density at radius 2 is 2.16 bits per heavy atom. The second-order valence-corrected chi connectivity index (χ2v) is 7.20. The number of rotatable bonds is 5.